The largest absolute Gasteiger partial charge is 0.365 e. The molecule has 0 aliphatic carbocycles. The second-order valence-corrected chi connectivity index (χ2v) is 2.24. The monoisotopic (exact) mass is 129 g/mol. The molecule has 1 radical (unpaired) electrons. The minimum atomic E-state index is 0.115. The van der Waals surface area contributed by atoms with E-state index in [-0.39, 0.29) is 6.23 Å². The fraction of sp³-hybridized carbons (Fsp3) is 0.833. The maximum absolute atomic E-state index is 5.05. The molecule has 1 saturated heterocycles. The van der Waals surface area contributed by atoms with Gasteiger partial charge in [0.2, 0.25) is 0 Å². The SMILES string of the molecule is COC1[CH]N(C)CCN1. The normalized spacial score (nSPS) is 30.7. The Morgan fingerprint density at radius 2 is 2.56 bits per heavy atom. The number of hydrogen-bond donors (Lipinski definition) is 1. The Bertz CT molecular complexity index is 87.1. The molecule has 0 saturated carbocycles. The van der Waals surface area contributed by atoms with E-state index in [1.165, 1.54) is 0 Å². The van der Waals surface area contributed by atoms with Crippen LogP contribution < -0.4 is 5.32 Å². The van der Waals surface area contributed by atoms with Crippen LogP contribution in [0.25, 0.3) is 0 Å². The molecule has 0 aromatic rings. The fourth-order valence-electron chi connectivity index (χ4n) is 0.886. The number of nitrogens with zero attached hydrogens (tertiary/aromatic N) is 1. The van der Waals surface area contributed by atoms with Gasteiger partial charge >= 0.3 is 0 Å². The van der Waals surface area contributed by atoms with Crippen molar-refractivity contribution in [2.75, 3.05) is 27.2 Å². The van der Waals surface area contributed by atoms with Crippen molar-refractivity contribution in [1.29, 1.82) is 0 Å². The molecule has 3 nitrogen and oxygen atoms in total. The van der Waals surface area contributed by atoms with Crippen LogP contribution in [0, 0.1) is 6.54 Å². The third-order valence-electron chi connectivity index (χ3n) is 1.45. The third kappa shape index (κ3) is 1.93. The number of nitrogens with one attached hydrogen (secondary N) is 1. The van der Waals surface area contributed by atoms with Crippen molar-refractivity contribution in [1.82, 2.24) is 10.2 Å². The summed E-state index contributed by atoms with van der Waals surface area (Å²) in [5, 5.41) is 3.18. The van der Waals surface area contributed by atoms with Gasteiger partial charge in [-0.05, 0) is 7.05 Å². The van der Waals surface area contributed by atoms with Crippen LogP contribution in [0.5, 0.6) is 0 Å². The van der Waals surface area contributed by atoms with Crippen molar-refractivity contribution < 1.29 is 4.74 Å². The molecule has 9 heavy (non-hydrogen) atoms. The van der Waals surface area contributed by atoms with Gasteiger partial charge in [-0.15, -0.1) is 0 Å². The lowest BCUT2D eigenvalue weighted by atomic mass is 10.4. The summed E-state index contributed by atoms with van der Waals surface area (Å²) < 4.78 is 5.05. The Morgan fingerprint density at radius 1 is 1.78 bits per heavy atom. The molecule has 3 heteroatoms. The highest BCUT2D eigenvalue weighted by atomic mass is 16.5. The summed E-state index contributed by atoms with van der Waals surface area (Å²) in [6, 6.07) is 0. The van der Waals surface area contributed by atoms with Crippen LogP contribution >= 0.6 is 0 Å². The van der Waals surface area contributed by atoms with Gasteiger partial charge in [-0.1, -0.05) is 0 Å². The van der Waals surface area contributed by atoms with Crippen LogP contribution in [0.4, 0.5) is 0 Å². The summed E-state index contributed by atoms with van der Waals surface area (Å²) in [7, 11) is 3.75. The predicted molar refractivity (Wildman–Crippen MR) is 35.7 cm³/mol. The number of ether oxygens (including phenoxy) is 1. The minimum absolute atomic E-state index is 0.115. The number of likely N-dealkylation sites (N-methyl/N-ethyl adjacent to an activating group) is 1. The van der Waals surface area contributed by atoms with E-state index in [4.69, 9.17) is 4.74 Å². The number of rotatable bonds is 1. The Morgan fingerprint density at radius 3 is 3.00 bits per heavy atom. The molecule has 1 rings (SSSR count). The number of hydrogen-bond acceptors (Lipinski definition) is 3. The standard InChI is InChI=1S/C6H13N2O/c1-8-4-3-7-6(5-8)9-2/h5-7H,3-4H2,1-2H3. The first-order chi connectivity index (χ1) is 4.33. The lowest BCUT2D eigenvalue weighted by Crippen LogP contribution is -2.46. The van der Waals surface area contributed by atoms with Crippen LogP contribution in [-0.4, -0.2) is 38.4 Å². The number of methoxy groups -OCH3 is 1. The first-order valence-electron chi connectivity index (χ1n) is 3.14. The number of piperazine rings is 1. The lowest BCUT2D eigenvalue weighted by Gasteiger charge is -2.28. The zero-order valence-electron chi connectivity index (χ0n) is 5.92. The Balaban J connectivity index is 2.23. The van der Waals surface area contributed by atoms with Crippen molar-refractivity contribution in [2.45, 2.75) is 6.23 Å². The molecular weight excluding hydrogens is 116 g/mol. The molecule has 1 aliphatic heterocycles. The van der Waals surface area contributed by atoms with Crippen molar-refractivity contribution in [3.8, 4) is 0 Å². The topological polar surface area (TPSA) is 24.5 Å². The van der Waals surface area contributed by atoms with Gasteiger partial charge in [-0.2, -0.15) is 0 Å². The van der Waals surface area contributed by atoms with Gasteiger partial charge in [-0.25, -0.2) is 0 Å². The van der Waals surface area contributed by atoms with E-state index in [0.717, 1.165) is 13.1 Å². The zero-order chi connectivity index (χ0) is 6.69. The summed E-state index contributed by atoms with van der Waals surface area (Å²) in [5.74, 6) is 0. The second kappa shape index (κ2) is 3.15. The molecule has 53 valence electrons. The third-order valence-corrected chi connectivity index (χ3v) is 1.45. The molecule has 1 heterocycles. The summed E-state index contributed by atoms with van der Waals surface area (Å²) in [6.45, 7) is 4.11. The molecule has 0 aromatic carbocycles. The van der Waals surface area contributed by atoms with E-state index in [1.807, 2.05) is 13.6 Å². The van der Waals surface area contributed by atoms with Crippen molar-refractivity contribution in [3.05, 3.63) is 6.54 Å². The van der Waals surface area contributed by atoms with E-state index in [9.17, 15) is 0 Å². The predicted octanol–water partition coefficient (Wildman–Crippen LogP) is -0.344. The van der Waals surface area contributed by atoms with Gasteiger partial charge in [0.15, 0.2) is 0 Å². The van der Waals surface area contributed by atoms with Gasteiger partial charge in [0, 0.05) is 20.2 Å². The van der Waals surface area contributed by atoms with Gasteiger partial charge in [0.1, 0.15) is 6.23 Å². The summed E-state index contributed by atoms with van der Waals surface area (Å²) >= 11 is 0. The Labute approximate surface area is 56.0 Å². The van der Waals surface area contributed by atoms with Gasteiger partial charge < -0.3 is 4.74 Å². The van der Waals surface area contributed by atoms with Crippen molar-refractivity contribution in [3.63, 3.8) is 0 Å². The van der Waals surface area contributed by atoms with Crippen LogP contribution in [0.3, 0.4) is 0 Å². The second-order valence-electron chi connectivity index (χ2n) is 2.24. The molecule has 1 unspecified atom stereocenters. The zero-order valence-corrected chi connectivity index (χ0v) is 5.92. The maximum Gasteiger partial charge on any atom is 0.125 e. The Hall–Kier alpha value is -0.120. The van der Waals surface area contributed by atoms with Crippen LogP contribution in [0.2, 0.25) is 0 Å². The molecule has 1 atom stereocenters. The summed E-state index contributed by atoms with van der Waals surface area (Å²) in [4.78, 5) is 2.13. The van der Waals surface area contributed by atoms with Gasteiger partial charge in [0.25, 0.3) is 0 Å². The van der Waals surface area contributed by atoms with Crippen LogP contribution in [-0.2, 0) is 4.74 Å². The molecule has 0 spiro atoms. The fourth-order valence-corrected chi connectivity index (χ4v) is 0.886. The first kappa shape index (κ1) is 6.99. The highest BCUT2D eigenvalue weighted by Gasteiger charge is 2.14. The smallest absolute Gasteiger partial charge is 0.125 e. The average molecular weight is 129 g/mol. The summed E-state index contributed by atoms with van der Waals surface area (Å²) in [6.07, 6.45) is 0.115. The first-order valence-corrected chi connectivity index (χ1v) is 3.14. The minimum Gasteiger partial charge on any atom is -0.365 e. The van der Waals surface area contributed by atoms with Gasteiger partial charge in [0.05, 0.1) is 6.54 Å². The van der Waals surface area contributed by atoms with Crippen molar-refractivity contribution >= 4 is 0 Å². The Kier molecular flexibility index (Phi) is 2.45. The quantitative estimate of drug-likeness (QED) is 0.524. The van der Waals surface area contributed by atoms with Gasteiger partial charge in [-0.3, -0.25) is 10.2 Å². The molecular formula is C6H13N2O. The summed E-state index contributed by atoms with van der Waals surface area (Å²) in [5.41, 5.74) is 0. The lowest BCUT2D eigenvalue weighted by molar-refractivity contribution is 0.0558. The van der Waals surface area contributed by atoms with E-state index >= 15 is 0 Å². The van der Waals surface area contributed by atoms with E-state index in [2.05, 4.69) is 10.2 Å². The highest BCUT2D eigenvalue weighted by molar-refractivity contribution is 4.79. The molecule has 1 aliphatic rings. The molecule has 0 aromatic heterocycles. The van der Waals surface area contributed by atoms with E-state index in [1.54, 1.807) is 7.11 Å². The average Bonchev–Trinajstić information content (AvgIpc) is 1.88. The van der Waals surface area contributed by atoms with Crippen molar-refractivity contribution in [2.24, 2.45) is 0 Å². The van der Waals surface area contributed by atoms with E-state index in [0.29, 0.717) is 0 Å². The molecule has 0 amide bonds. The molecule has 0 bridgehead atoms. The van der Waals surface area contributed by atoms with E-state index < -0.39 is 0 Å². The molecule has 1 fully saturated rings. The molecule has 1 N–H and O–H groups in total. The maximum atomic E-state index is 5.05. The highest BCUT2D eigenvalue weighted by Crippen LogP contribution is 2.00. The van der Waals surface area contributed by atoms with Crippen LogP contribution in [0.1, 0.15) is 0 Å². The van der Waals surface area contributed by atoms with Crippen LogP contribution in [0.15, 0.2) is 0 Å².